The molecule has 0 radical (unpaired) electrons. The molecule has 1 aliphatic heterocycles. The minimum absolute atomic E-state index is 0.278. The molecule has 1 aliphatic rings. The summed E-state index contributed by atoms with van der Waals surface area (Å²) >= 11 is 0. The first-order valence-electron chi connectivity index (χ1n) is 5.68. The summed E-state index contributed by atoms with van der Waals surface area (Å²) in [6, 6.07) is 3.76. The minimum Gasteiger partial charge on any atom is -0.496 e. The van der Waals surface area contributed by atoms with Crippen LogP contribution in [0.2, 0.25) is 0 Å². The Morgan fingerprint density at radius 2 is 2.18 bits per heavy atom. The van der Waals surface area contributed by atoms with Gasteiger partial charge in [-0.05, 0) is 32.0 Å². The van der Waals surface area contributed by atoms with Crippen LogP contribution in [0.4, 0.5) is 8.78 Å². The Hall–Kier alpha value is -1.42. The zero-order valence-electron chi connectivity index (χ0n) is 9.67. The summed E-state index contributed by atoms with van der Waals surface area (Å²) in [7, 11) is 1.70. The molecule has 0 saturated carbocycles. The lowest BCUT2D eigenvalue weighted by molar-refractivity contribution is 0.168. The summed E-state index contributed by atoms with van der Waals surface area (Å²) in [4.78, 5) is 0. The van der Waals surface area contributed by atoms with Gasteiger partial charge in [0, 0.05) is 5.56 Å². The molecule has 1 unspecified atom stereocenters. The van der Waals surface area contributed by atoms with Crippen molar-refractivity contribution in [3.63, 3.8) is 0 Å². The first-order valence-corrected chi connectivity index (χ1v) is 5.68. The van der Waals surface area contributed by atoms with Gasteiger partial charge in [-0.3, -0.25) is 0 Å². The molecule has 1 heterocycles. The summed E-state index contributed by atoms with van der Waals surface area (Å²) < 4.78 is 32.4. The van der Waals surface area contributed by atoms with Crippen molar-refractivity contribution in [2.24, 2.45) is 0 Å². The molecule has 92 valence electrons. The van der Waals surface area contributed by atoms with E-state index in [1.54, 1.807) is 13.1 Å². The van der Waals surface area contributed by atoms with Gasteiger partial charge < -0.3 is 10.1 Å². The largest absolute Gasteiger partial charge is 0.496 e. The van der Waals surface area contributed by atoms with Gasteiger partial charge in [0.2, 0.25) is 0 Å². The molecule has 0 fully saturated rings. The van der Waals surface area contributed by atoms with Crippen molar-refractivity contribution in [1.82, 2.24) is 5.32 Å². The molecule has 1 aromatic rings. The Morgan fingerprint density at radius 1 is 1.35 bits per heavy atom. The van der Waals surface area contributed by atoms with Crippen molar-refractivity contribution in [1.29, 1.82) is 0 Å². The van der Waals surface area contributed by atoms with Crippen molar-refractivity contribution >= 4 is 0 Å². The number of likely N-dealkylation sites (N-methyl/N-ethyl adjacent to an activating group) is 1. The quantitative estimate of drug-likeness (QED) is 0.875. The fraction of sp³-hybridized carbons (Fsp3) is 0.385. The third kappa shape index (κ3) is 2.47. The number of ether oxygens (including phenoxy) is 1. The molecule has 0 amide bonds. The van der Waals surface area contributed by atoms with E-state index < -0.39 is 17.7 Å². The van der Waals surface area contributed by atoms with E-state index in [0.717, 1.165) is 18.9 Å². The predicted octanol–water partition coefficient (Wildman–Crippen LogP) is 2.92. The first kappa shape index (κ1) is 12.0. The highest BCUT2D eigenvalue weighted by molar-refractivity contribution is 5.28. The Labute approximate surface area is 99.3 Å². The highest BCUT2D eigenvalue weighted by atomic mass is 19.2. The molecule has 0 bridgehead atoms. The van der Waals surface area contributed by atoms with E-state index in [1.807, 2.05) is 6.08 Å². The third-order valence-electron chi connectivity index (χ3n) is 2.83. The van der Waals surface area contributed by atoms with Crippen LogP contribution < -0.4 is 5.32 Å². The number of halogens is 2. The molecular formula is C13H15F2NO. The molecule has 2 rings (SSSR count). The smallest absolute Gasteiger partial charge is 0.164 e. The topological polar surface area (TPSA) is 21.3 Å². The van der Waals surface area contributed by atoms with E-state index in [2.05, 4.69) is 5.32 Å². The van der Waals surface area contributed by atoms with Crippen LogP contribution in [0.1, 0.15) is 24.4 Å². The molecule has 0 saturated heterocycles. The molecule has 17 heavy (non-hydrogen) atoms. The lowest BCUT2D eigenvalue weighted by Crippen LogP contribution is -2.23. The number of nitrogens with one attached hydrogen (secondary N) is 1. The third-order valence-corrected chi connectivity index (χ3v) is 2.83. The van der Waals surface area contributed by atoms with Crippen LogP contribution >= 0.6 is 0 Å². The summed E-state index contributed by atoms with van der Waals surface area (Å²) in [5, 5.41) is 2.96. The van der Waals surface area contributed by atoms with Crippen LogP contribution in [-0.4, -0.2) is 13.7 Å². The highest BCUT2D eigenvalue weighted by Crippen LogP contribution is 2.28. The second-order valence-electron chi connectivity index (χ2n) is 3.96. The van der Waals surface area contributed by atoms with E-state index in [4.69, 9.17) is 4.74 Å². The second-order valence-corrected chi connectivity index (χ2v) is 3.96. The first-order chi connectivity index (χ1) is 8.24. The predicted molar refractivity (Wildman–Crippen MR) is 61.4 cm³/mol. The van der Waals surface area contributed by atoms with Crippen molar-refractivity contribution in [3.05, 3.63) is 47.2 Å². The second kappa shape index (κ2) is 5.27. The van der Waals surface area contributed by atoms with Crippen molar-refractivity contribution in [2.75, 3.05) is 13.7 Å². The molecule has 0 aromatic heterocycles. The number of benzene rings is 1. The summed E-state index contributed by atoms with van der Waals surface area (Å²) in [5.74, 6) is -0.982. The Kier molecular flexibility index (Phi) is 3.74. The van der Waals surface area contributed by atoms with E-state index >= 15 is 0 Å². The van der Waals surface area contributed by atoms with Crippen molar-refractivity contribution < 1.29 is 13.5 Å². The number of hydrogen-bond donors (Lipinski definition) is 1. The van der Waals surface area contributed by atoms with Gasteiger partial charge >= 0.3 is 0 Å². The molecule has 2 nitrogen and oxygen atoms in total. The van der Waals surface area contributed by atoms with Crippen molar-refractivity contribution in [2.45, 2.75) is 18.9 Å². The number of rotatable bonds is 3. The fourth-order valence-electron chi connectivity index (χ4n) is 1.97. The normalized spacial score (nSPS) is 17.2. The summed E-state index contributed by atoms with van der Waals surface area (Å²) in [6.45, 7) is 0.626. The average Bonchev–Trinajstić information content (AvgIpc) is 2.37. The maximum absolute atomic E-state index is 13.7. The van der Waals surface area contributed by atoms with Crippen LogP contribution in [0.3, 0.4) is 0 Å². The number of allylic oxidation sites excluding steroid dienone is 1. The molecule has 0 spiro atoms. The lowest BCUT2D eigenvalue weighted by Gasteiger charge is -2.24. The molecule has 0 aliphatic carbocycles. The average molecular weight is 239 g/mol. The molecule has 1 atom stereocenters. The molecular weight excluding hydrogens is 224 g/mol. The van der Waals surface area contributed by atoms with Crippen molar-refractivity contribution in [3.8, 4) is 0 Å². The Morgan fingerprint density at radius 3 is 2.82 bits per heavy atom. The van der Waals surface area contributed by atoms with Gasteiger partial charge in [-0.1, -0.05) is 12.1 Å². The van der Waals surface area contributed by atoms with Gasteiger partial charge in [-0.25, -0.2) is 8.78 Å². The van der Waals surface area contributed by atoms with Gasteiger partial charge in [0.25, 0.3) is 0 Å². The SMILES string of the molecule is CNC(C1=CCCCO1)c1cccc(F)c1F. The zero-order valence-corrected chi connectivity index (χ0v) is 9.67. The Balaban J connectivity index is 2.34. The van der Waals surface area contributed by atoms with Crippen LogP contribution in [0.15, 0.2) is 30.0 Å². The fourth-order valence-corrected chi connectivity index (χ4v) is 1.97. The maximum atomic E-state index is 13.7. The molecule has 1 aromatic carbocycles. The monoisotopic (exact) mass is 239 g/mol. The highest BCUT2D eigenvalue weighted by Gasteiger charge is 2.22. The van der Waals surface area contributed by atoms with Crippen LogP contribution in [0.25, 0.3) is 0 Å². The zero-order chi connectivity index (χ0) is 12.3. The van der Waals surface area contributed by atoms with Crippen LogP contribution in [-0.2, 0) is 4.74 Å². The van der Waals surface area contributed by atoms with E-state index in [9.17, 15) is 8.78 Å². The minimum atomic E-state index is -0.834. The lowest BCUT2D eigenvalue weighted by atomic mass is 10.0. The maximum Gasteiger partial charge on any atom is 0.164 e. The summed E-state index contributed by atoms with van der Waals surface area (Å²) in [6.07, 6.45) is 3.80. The van der Waals surface area contributed by atoms with Gasteiger partial charge in [0.1, 0.15) is 5.76 Å². The number of hydrogen-bond acceptors (Lipinski definition) is 2. The molecule has 4 heteroatoms. The standard InChI is InChI=1S/C13H15F2NO/c1-16-13(11-7-2-3-8-17-11)9-5-4-6-10(14)12(9)15/h4-7,13,16H,2-3,8H2,1H3. The van der Waals surface area contributed by atoms with Gasteiger partial charge in [-0.2, -0.15) is 0 Å². The Bertz CT molecular complexity index is 431. The molecule has 1 N–H and O–H groups in total. The summed E-state index contributed by atoms with van der Waals surface area (Å²) in [5.41, 5.74) is 0.278. The van der Waals surface area contributed by atoms with E-state index in [1.165, 1.54) is 6.07 Å². The van der Waals surface area contributed by atoms with E-state index in [0.29, 0.717) is 12.4 Å². The van der Waals surface area contributed by atoms with Crippen LogP contribution in [0, 0.1) is 11.6 Å². The van der Waals surface area contributed by atoms with Gasteiger partial charge in [-0.15, -0.1) is 0 Å². The van der Waals surface area contributed by atoms with Gasteiger partial charge in [0.05, 0.1) is 12.6 Å². The van der Waals surface area contributed by atoms with Crippen LogP contribution in [0.5, 0.6) is 0 Å². The van der Waals surface area contributed by atoms with Gasteiger partial charge in [0.15, 0.2) is 11.6 Å². The van der Waals surface area contributed by atoms with E-state index in [-0.39, 0.29) is 5.56 Å².